The van der Waals surface area contributed by atoms with Crippen molar-refractivity contribution in [1.29, 1.82) is 0 Å². The minimum Gasteiger partial charge on any atom is -0.453 e. The van der Waals surface area contributed by atoms with Crippen LogP contribution in [0, 0.1) is 17.8 Å². The maximum absolute atomic E-state index is 13.9. The molecule has 1 aromatic heterocycles. The van der Waals surface area contributed by atoms with Gasteiger partial charge < -0.3 is 29.9 Å². The van der Waals surface area contributed by atoms with E-state index in [0.717, 1.165) is 43.4 Å². The molecule has 0 unspecified atom stereocenters. The van der Waals surface area contributed by atoms with E-state index in [0.29, 0.717) is 43.4 Å². The Morgan fingerprint density at radius 2 is 1.91 bits per heavy atom. The van der Waals surface area contributed by atoms with Gasteiger partial charge in [-0.1, -0.05) is 61.9 Å². The van der Waals surface area contributed by atoms with Gasteiger partial charge in [-0.2, -0.15) is 0 Å². The molecule has 5 atom stereocenters. The van der Waals surface area contributed by atoms with Gasteiger partial charge in [0.15, 0.2) is 0 Å². The van der Waals surface area contributed by atoms with Crippen LogP contribution < -0.4 is 5.32 Å². The first-order valence-electron chi connectivity index (χ1n) is 16.6. The molecular formula is C35H50ClN3O6. The number of hydrogen-bond donors (Lipinski definition) is 3. The molecule has 1 aromatic carbocycles. The number of carbonyl (C=O) groups is 2. The molecule has 1 aliphatic heterocycles. The number of methoxy groups -OCH3 is 1. The molecule has 2 aromatic rings. The minimum atomic E-state index is -0.981. The number of pyridine rings is 1. The fourth-order valence-corrected chi connectivity index (χ4v) is 7.16. The first kappa shape index (κ1) is 35.1. The summed E-state index contributed by atoms with van der Waals surface area (Å²) in [6.45, 7) is 1.75. The number of aliphatic hydroxyl groups is 2. The molecule has 9 nitrogen and oxygen atoms in total. The number of piperidine rings is 1. The van der Waals surface area contributed by atoms with Crippen LogP contribution in [0.15, 0.2) is 48.7 Å². The second-order valence-corrected chi connectivity index (χ2v) is 13.1. The van der Waals surface area contributed by atoms with Crippen molar-refractivity contribution in [2.45, 2.75) is 88.9 Å². The van der Waals surface area contributed by atoms with Gasteiger partial charge >= 0.3 is 6.09 Å². The number of aryl methyl sites for hydroxylation is 1. The molecule has 0 bridgehead atoms. The molecule has 45 heavy (non-hydrogen) atoms. The summed E-state index contributed by atoms with van der Waals surface area (Å²) >= 11 is 6.34. The maximum Gasteiger partial charge on any atom is 0.406 e. The number of aromatic nitrogens is 1. The molecule has 10 heteroatoms. The third-order valence-electron chi connectivity index (χ3n) is 9.37. The smallest absolute Gasteiger partial charge is 0.406 e. The van der Waals surface area contributed by atoms with Crippen molar-refractivity contribution in [3.8, 4) is 0 Å². The van der Waals surface area contributed by atoms with Crippen LogP contribution in [0.25, 0.3) is 0 Å². The molecule has 4 rings (SSSR count). The second kappa shape index (κ2) is 18.4. The van der Waals surface area contributed by atoms with Crippen LogP contribution in [0.3, 0.4) is 0 Å². The summed E-state index contributed by atoms with van der Waals surface area (Å²) in [7, 11) is 1.32. The van der Waals surface area contributed by atoms with E-state index in [1.807, 2.05) is 47.4 Å². The van der Waals surface area contributed by atoms with Gasteiger partial charge in [0.2, 0.25) is 5.91 Å². The Labute approximate surface area is 272 Å². The van der Waals surface area contributed by atoms with Crippen LogP contribution in [0.5, 0.6) is 0 Å². The largest absolute Gasteiger partial charge is 0.453 e. The van der Waals surface area contributed by atoms with E-state index in [1.54, 1.807) is 6.20 Å². The normalized spacial score (nSPS) is 20.2. The topological polar surface area (TPSA) is 121 Å². The average Bonchev–Trinajstić information content (AvgIpc) is 3.07. The summed E-state index contributed by atoms with van der Waals surface area (Å²) in [4.78, 5) is 31.6. The molecule has 3 N–H and O–H groups in total. The lowest BCUT2D eigenvalue weighted by Crippen LogP contribution is -2.45. The van der Waals surface area contributed by atoms with Gasteiger partial charge in [0.1, 0.15) is 0 Å². The number of alkyl carbamates (subject to hydrolysis) is 1. The van der Waals surface area contributed by atoms with Crippen molar-refractivity contribution in [2.75, 3.05) is 33.4 Å². The predicted molar refractivity (Wildman–Crippen MR) is 174 cm³/mol. The predicted octanol–water partition coefficient (Wildman–Crippen LogP) is 5.72. The molecule has 2 heterocycles. The van der Waals surface area contributed by atoms with E-state index in [4.69, 9.17) is 16.3 Å². The molecule has 1 aliphatic carbocycles. The van der Waals surface area contributed by atoms with E-state index in [2.05, 4.69) is 15.0 Å². The Kier molecular flexibility index (Phi) is 14.4. The first-order chi connectivity index (χ1) is 21.8. The van der Waals surface area contributed by atoms with E-state index in [-0.39, 0.29) is 36.9 Å². The fourth-order valence-electron chi connectivity index (χ4n) is 6.96. The van der Waals surface area contributed by atoms with Gasteiger partial charge in [-0.15, -0.1) is 0 Å². The third kappa shape index (κ3) is 11.2. The van der Waals surface area contributed by atoms with Gasteiger partial charge in [-0.25, -0.2) is 4.79 Å². The highest BCUT2D eigenvalue weighted by atomic mass is 35.5. The van der Waals surface area contributed by atoms with Gasteiger partial charge in [0.25, 0.3) is 0 Å². The number of nitrogens with zero attached hydrogens (tertiary/aromatic N) is 2. The lowest BCUT2D eigenvalue weighted by Gasteiger charge is -2.38. The third-order valence-corrected chi connectivity index (χ3v) is 9.60. The first-order valence-corrected chi connectivity index (χ1v) is 16.9. The fraction of sp³-hybridized carbons (Fsp3) is 0.629. The number of carbonyl (C=O) groups excluding carboxylic acids is 2. The Morgan fingerprint density at radius 1 is 1.09 bits per heavy atom. The van der Waals surface area contributed by atoms with Crippen molar-refractivity contribution >= 4 is 23.6 Å². The summed E-state index contributed by atoms with van der Waals surface area (Å²) in [6.07, 6.45) is 8.42. The van der Waals surface area contributed by atoms with Crippen LogP contribution in [-0.2, 0) is 20.7 Å². The minimum absolute atomic E-state index is 0.00804. The van der Waals surface area contributed by atoms with Crippen LogP contribution in [0.2, 0.25) is 5.02 Å². The standard InChI is InChI=1S/C35H50ClN3O6/c1-44-35(43)38-18-20-45-34(26-11-7-13-29(36)22-26)27-12-8-19-39(24-27)32(41)23-28(21-25-9-3-2-4-10-25)33(42)31(40)16-15-30-14-5-6-17-37-30/h5-7,11,13-14,17,22,25,27-28,31,33-34,40,42H,2-4,8-10,12,15-16,18-21,23-24H2,1H3,(H,38,43)/t27-,28-,31+,33-,34+/m1/s1. The van der Waals surface area contributed by atoms with E-state index in [9.17, 15) is 19.8 Å². The molecule has 0 radical (unpaired) electrons. The van der Waals surface area contributed by atoms with Crippen molar-refractivity contribution in [2.24, 2.45) is 17.8 Å². The maximum atomic E-state index is 13.9. The number of rotatable bonds is 15. The van der Waals surface area contributed by atoms with Crippen LogP contribution in [-0.4, -0.2) is 77.7 Å². The number of hydrogen-bond acceptors (Lipinski definition) is 7. The van der Waals surface area contributed by atoms with Crippen molar-refractivity contribution in [1.82, 2.24) is 15.2 Å². The molecule has 0 spiro atoms. The summed E-state index contributed by atoms with van der Waals surface area (Å²) in [5.41, 5.74) is 1.81. The van der Waals surface area contributed by atoms with Crippen molar-refractivity contribution in [3.05, 3.63) is 64.9 Å². The Bertz CT molecular complexity index is 1180. The lowest BCUT2D eigenvalue weighted by molar-refractivity contribution is -0.138. The number of halogens is 1. The zero-order chi connectivity index (χ0) is 32.0. The highest BCUT2D eigenvalue weighted by Crippen LogP contribution is 2.36. The Balaban J connectivity index is 1.42. The van der Waals surface area contributed by atoms with Crippen molar-refractivity contribution in [3.63, 3.8) is 0 Å². The molecular weight excluding hydrogens is 594 g/mol. The van der Waals surface area contributed by atoms with Crippen LogP contribution in [0.4, 0.5) is 4.79 Å². The molecule has 2 fully saturated rings. The van der Waals surface area contributed by atoms with E-state index in [1.165, 1.54) is 26.4 Å². The van der Waals surface area contributed by atoms with Gasteiger partial charge in [0, 0.05) is 48.9 Å². The summed E-state index contributed by atoms with van der Waals surface area (Å²) in [6, 6.07) is 13.3. The summed E-state index contributed by atoms with van der Waals surface area (Å²) in [5, 5.41) is 25.7. The molecule has 2 aliphatic rings. The second-order valence-electron chi connectivity index (χ2n) is 12.6. The van der Waals surface area contributed by atoms with Crippen LogP contribution in [0.1, 0.15) is 81.6 Å². The van der Waals surface area contributed by atoms with Crippen LogP contribution >= 0.6 is 11.6 Å². The number of amides is 2. The zero-order valence-electron chi connectivity index (χ0n) is 26.5. The number of likely N-dealkylation sites (tertiary alicyclic amines) is 1. The number of ether oxygens (including phenoxy) is 2. The van der Waals surface area contributed by atoms with E-state index >= 15 is 0 Å². The average molecular weight is 644 g/mol. The molecule has 1 saturated heterocycles. The van der Waals surface area contributed by atoms with Gasteiger partial charge in [-0.05, 0) is 73.8 Å². The SMILES string of the molecule is COC(=O)NCCO[C@@H](c1cccc(Cl)c1)[C@@H]1CCCN(C(=O)C[C@@H](CC2CCCCC2)[C@@H](O)[C@@H](O)CCc2ccccn2)C1. The molecule has 1 saturated carbocycles. The Morgan fingerprint density at radius 3 is 2.64 bits per heavy atom. The number of aliphatic hydroxyl groups excluding tert-OH is 2. The monoisotopic (exact) mass is 643 g/mol. The zero-order valence-corrected chi connectivity index (χ0v) is 27.2. The molecule has 248 valence electrons. The molecule has 2 amide bonds. The lowest BCUT2D eigenvalue weighted by atomic mass is 9.78. The van der Waals surface area contributed by atoms with E-state index < -0.39 is 18.3 Å². The summed E-state index contributed by atoms with van der Waals surface area (Å²) in [5.74, 6) is 0.185. The highest BCUT2D eigenvalue weighted by Gasteiger charge is 2.35. The van der Waals surface area contributed by atoms with Crippen molar-refractivity contribution < 1.29 is 29.3 Å². The highest BCUT2D eigenvalue weighted by molar-refractivity contribution is 6.30. The number of benzene rings is 1. The number of nitrogens with one attached hydrogen (secondary N) is 1. The quantitative estimate of drug-likeness (QED) is 0.212. The summed E-state index contributed by atoms with van der Waals surface area (Å²) < 4.78 is 11.0. The Hall–Kier alpha value is -2.72. The van der Waals surface area contributed by atoms with Gasteiger partial charge in [0.05, 0.1) is 32.0 Å². The van der Waals surface area contributed by atoms with Gasteiger partial charge in [-0.3, -0.25) is 9.78 Å².